The molecule has 1 heterocycles. The topological polar surface area (TPSA) is 57.6 Å². The van der Waals surface area contributed by atoms with Gasteiger partial charge in [0.05, 0.1) is 11.6 Å². The Morgan fingerprint density at radius 2 is 1.44 bits per heavy atom. The number of rotatable bonds is 3. The molecule has 0 saturated carbocycles. The van der Waals surface area contributed by atoms with E-state index in [0.717, 1.165) is 16.7 Å². The normalized spacial score (nSPS) is 18.2. The van der Waals surface area contributed by atoms with Crippen LogP contribution in [0.25, 0.3) is 5.76 Å². The Bertz CT molecular complexity index is 1180. The largest absolute Gasteiger partial charge is 0.507 e. The lowest BCUT2D eigenvalue weighted by atomic mass is 9.85. The van der Waals surface area contributed by atoms with Crippen molar-refractivity contribution >= 4 is 23.1 Å². The third-order valence-electron chi connectivity index (χ3n) is 5.90. The molecule has 1 aliphatic heterocycles. The summed E-state index contributed by atoms with van der Waals surface area (Å²) in [7, 11) is 0. The summed E-state index contributed by atoms with van der Waals surface area (Å²) in [5.41, 5.74) is 4.17. The summed E-state index contributed by atoms with van der Waals surface area (Å²) in [6.07, 6.45) is 0. The second kappa shape index (κ2) is 8.12. The van der Waals surface area contributed by atoms with Gasteiger partial charge in [0.15, 0.2) is 0 Å². The molecule has 0 bridgehead atoms. The van der Waals surface area contributed by atoms with E-state index < -0.39 is 17.7 Å². The number of aryl methyl sites for hydroxylation is 1. The molecule has 162 valence electrons. The molecule has 4 nitrogen and oxygen atoms in total. The summed E-state index contributed by atoms with van der Waals surface area (Å²) in [5, 5.41) is 11.2. The summed E-state index contributed by atoms with van der Waals surface area (Å²) in [6.45, 7) is 8.36. The Morgan fingerprint density at radius 1 is 0.844 bits per heavy atom. The first-order valence-corrected chi connectivity index (χ1v) is 10.7. The minimum absolute atomic E-state index is 0.0261. The van der Waals surface area contributed by atoms with Crippen molar-refractivity contribution in [3.8, 4) is 0 Å². The first kappa shape index (κ1) is 21.6. The van der Waals surface area contributed by atoms with Gasteiger partial charge in [-0.1, -0.05) is 93.1 Å². The first-order valence-electron chi connectivity index (χ1n) is 10.7. The highest BCUT2D eigenvalue weighted by Crippen LogP contribution is 2.42. The summed E-state index contributed by atoms with van der Waals surface area (Å²) in [6, 6.07) is 23.6. The SMILES string of the molecule is Cc1ccc(/C(O)=C2/C(=O)C(=O)N(c3ccccc3)C2c2ccc(C(C)(C)C)cc2)cc1. The summed E-state index contributed by atoms with van der Waals surface area (Å²) < 4.78 is 0. The van der Waals surface area contributed by atoms with Gasteiger partial charge in [0.1, 0.15) is 5.76 Å². The average molecular weight is 426 g/mol. The van der Waals surface area contributed by atoms with E-state index in [2.05, 4.69) is 20.8 Å². The van der Waals surface area contributed by atoms with Crippen LogP contribution in [-0.2, 0) is 15.0 Å². The highest BCUT2D eigenvalue weighted by Gasteiger charge is 2.46. The van der Waals surface area contributed by atoms with Crippen LogP contribution in [0.5, 0.6) is 0 Å². The van der Waals surface area contributed by atoms with Gasteiger partial charge in [0, 0.05) is 11.3 Å². The number of aliphatic hydroxyl groups is 1. The number of nitrogens with zero attached hydrogens (tertiary/aromatic N) is 1. The number of hydrogen-bond acceptors (Lipinski definition) is 3. The lowest BCUT2D eigenvalue weighted by molar-refractivity contribution is -0.132. The van der Waals surface area contributed by atoms with Gasteiger partial charge in [0.25, 0.3) is 11.7 Å². The smallest absolute Gasteiger partial charge is 0.300 e. The van der Waals surface area contributed by atoms with Crippen LogP contribution in [0, 0.1) is 6.92 Å². The van der Waals surface area contributed by atoms with Gasteiger partial charge in [-0.15, -0.1) is 0 Å². The molecule has 1 amide bonds. The van der Waals surface area contributed by atoms with Crippen molar-refractivity contribution in [2.24, 2.45) is 0 Å². The van der Waals surface area contributed by atoms with Crippen LogP contribution in [0.2, 0.25) is 0 Å². The van der Waals surface area contributed by atoms with Gasteiger partial charge in [-0.3, -0.25) is 14.5 Å². The highest BCUT2D eigenvalue weighted by atomic mass is 16.3. The van der Waals surface area contributed by atoms with Gasteiger partial charge in [-0.25, -0.2) is 0 Å². The third-order valence-corrected chi connectivity index (χ3v) is 5.90. The maximum Gasteiger partial charge on any atom is 0.300 e. The Labute approximate surface area is 188 Å². The van der Waals surface area contributed by atoms with E-state index in [-0.39, 0.29) is 16.7 Å². The molecule has 1 saturated heterocycles. The molecule has 1 fully saturated rings. The van der Waals surface area contributed by atoms with Gasteiger partial charge >= 0.3 is 0 Å². The van der Waals surface area contributed by atoms with E-state index >= 15 is 0 Å². The number of carbonyl (C=O) groups is 2. The van der Waals surface area contributed by atoms with Crippen molar-refractivity contribution in [1.29, 1.82) is 0 Å². The molecule has 3 aromatic rings. The number of amides is 1. The van der Waals surface area contributed by atoms with Crippen LogP contribution in [-0.4, -0.2) is 16.8 Å². The number of benzene rings is 3. The summed E-state index contributed by atoms with van der Waals surface area (Å²) in [4.78, 5) is 27.8. The van der Waals surface area contributed by atoms with Gasteiger partial charge in [-0.2, -0.15) is 0 Å². The fourth-order valence-corrected chi connectivity index (χ4v) is 4.04. The fraction of sp³-hybridized carbons (Fsp3) is 0.214. The van der Waals surface area contributed by atoms with Crippen molar-refractivity contribution in [3.05, 3.63) is 107 Å². The zero-order valence-electron chi connectivity index (χ0n) is 18.8. The van der Waals surface area contributed by atoms with E-state index in [4.69, 9.17) is 0 Å². The molecule has 0 radical (unpaired) electrons. The van der Waals surface area contributed by atoms with E-state index in [1.165, 1.54) is 4.90 Å². The molecule has 1 atom stereocenters. The number of ketones is 1. The first-order chi connectivity index (χ1) is 15.2. The van der Waals surface area contributed by atoms with Crippen LogP contribution in [0.15, 0.2) is 84.4 Å². The summed E-state index contributed by atoms with van der Waals surface area (Å²) in [5.74, 6) is -1.49. The van der Waals surface area contributed by atoms with E-state index in [1.807, 2.05) is 61.5 Å². The highest BCUT2D eigenvalue weighted by molar-refractivity contribution is 6.51. The van der Waals surface area contributed by atoms with Gasteiger partial charge < -0.3 is 5.11 Å². The molecule has 0 aromatic heterocycles. The van der Waals surface area contributed by atoms with Gasteiger partial charge in [0.2, 0.25) is 0 Å². The quantitative estimate of drug-likeness (QED) is 0.322. The zero-order chi connectivity index (χ0) is 23.0. The van der Waals surface area contributed by atoms with Crippen molar-refractivity contribution in [1.82, 2.24) is 0 Å². The van der Waals surface area contributed by atoms with Crippen LogP contribution >= 0.6 is 0 Å². The Morgan fingerprint density at radius 3 is 2.00 bits per heavy atom. The van der Waals surface area contributed by atoms with Crippen LogP contribution in [0.3, 0.4) is 0 Å². The van der Waals surface area contributed by atoms with Crippen molar-refractivity contribution in [2.75, 3.05) is 4.90 Å². The maximum absolute atomic E-state index is 13.2. The molecule has 1 unspecified atom stereocenters. The number of hydrogen-bond donors (Lipinski definition) is 1. The zero-order valence-corrected chi connectivity index (χ0v) is 18.8. The number of carbonyl (C=O) groups excluding carboxylic acids is 2. The van der Waals surface area contributed by atoms with E-state index in [0.29, 0.717) is 11.3 Å². The predicted octanol–water partition coefficient (Wildman–Crippen LogP) is 5.92. The Balaban J connectivity index is 1.91. The summed E-state index contributed by atoms with van der Waals surface area (Å²) >= 11 is 0. The molecule has 32 heavy (non-hydrogen) atoms. The van der Waals surface area contributed by atoms with E-state index in [9.17, 15) is 14.7 Å². The molecular formula is C28H27NO3. The molecule has 0 aliphatic carbocycles. The predicted molar refractivity (Wildman–Crippen MR) is 128 cm³/mol. The minimum atomic E-state index is -0.715. The lowest BCUT2D eigenvalue weighted by Crippen LogP contribution is -2.29. The number of para-hydroxylation sites is 1. The molecule has 4 rings (SSSR count). The second-order valence-corrected chi connectivity index (χ2v) is 9.24. The lowest BCUT2D eigenvalue weighted by Gasteiger charge is -2.26. The Kier molecular flexibility index (Phi) is 5.47. The monoisotopic (exact) mass is 425 g/mol. The number of aliphatic hydroxyl groups excluding tert-OH is 1. The maximum atomic E-state index is 13.2. The second-order valence-electron chi connectivity index (χ2n) is 9.24. The Hall–Kier alpha value is -3.66. The fourth-order valence-electron chi connectivity index (χ4n) is 4.04. The molecule has 4 heteroatoms. The number of Topliss-reactive ketones (excluding diaryl/α,β-unsaturated/α-hetero) is 1. The number of anilines is 1. The van der Waals surface area contributed by atoms with Crippen molar-refractivity contribution < 1.29 is 14.7 Å². The molecule has 1 N–H and O–H groups in total. The van der Waals surface area contributed by atoms with Crippen molar-refractivity contribution in [3.63, 3.8) is 0 Å². The molecule has 1 aliphatic rings. The van der Waals surface area contributed by atoms with Crippen LogP contribution < -0.4 is 4.90 Å². The van der Waals surface area contributed by atoms with Crippen LogP contribution in [0.1, 0.15) is 49.1 Å². The molecule has 0 spiro atoms. The standard InChI is InChI=1S/C28H27NO3/c1-18-10-12-20(13-11-18)25(30)23-24(19-14-16-21(17-15-19)28(2,3)4)29(27(32)26(23)31)22-8-6-5-7-9-22/h5-17,24,30H,1-4H3/b25-23-. The van der Waals surface area contributed by atoms with Crippen LogP contribution in [0.4, 0.5) is 5.69 Å². The molecular weight excluding hydrogens is 398 g/mol. The van der Waals surface area contributed by atoms with Gasteiger partial charge in [-0.05, 0) is 35.6 Å². The van der Waals surface area contributed by atoms with E-state index in [1.54, 1.807) is 24.3 Å². The van der Waals surface area contributed by atoms with Crippen molar-refractivity contribution in [2.45, 2.75) is 39.2 Å². The minimum Gasteiger partial charge on any atom is -0.507 e. The average Bonchev–Trinajstić information content (AvgIpc) is 3.04. The third kappa shape index (κ3) is 3.84. The molecule has 3 aromatic carbocycles.